The Morgan fingerprint density at radius 3 is 2.46 bits per heavy atom. The van der Waals surface area contributed by atoms with E-state index in [1.54, 1.807) is 44.0 Å². The number of pyridine rings is 1. The van der Waals surface area contributed by atoms with Crippen molar-refractivity contribution in [1.82, 2.24) is 29.4 Å². The summed E-state index contributed by atoms with van der Waals surface area (Å²) in [6, 6.07) is 15.8. The highest BCUT2D eigenvalue weighted by atomic mass is 35.5. The summed E-state index contributed by atoms with van der Waals surface area (Å²) in [5.41, 5.74) is 5.21. The molecule has 0 unspecified atom stereocenters. The van der Waals surface area contributed by atoms with Crippen LogP contribution in [0.5, 0.6) is 0 Å². The second kappa shape index (κ2) is 10.6. The first kappa shape index (κ1) is 25.2. The minimum absolute atomic E-state index is 0.201. The van der Waals surface area contributed by atoms with E-state index in [-0.39, 0.29) is 5.56 Å². The van der Waals surface area contributed by atoms with Gasteiger partial charge in [-0.05, 0) is 74.8 Å². The van der Waals surface area contributed by atoms with Crippen LogP contribution in [0.25, 0.3) is 33.4 Å². The highest BCUT2D eigenvalue weighted by molar-refractivity contribution is 6.33. The Bertz CT molecular complexity index is 1700. The number of anilines is 2. The van der Waals surface area contributed by atoms with Crippen LogP contribution in [0.4, 0.5) is 11.6 Å². The summed E-state index contributed by atoms with van der Waals surface area (Å²) >= 11 is 6.55. The van der Waals surface area contributed by atoms with Crippen molar-refractivity contribution < 1.29 is 0 Å². The second-order valence-electron chi connectivity index (χ2n) is 10.0. The molecule has 0 amide bonds. The second-order valence-corrected chi connectivity index (χ2v) is 10.4. The monoisotopic (exact) mass is 537 g/mol. The van der Waals surface area contributed by atoms with Crippen LogP contribution in [-0.2, 0) is 7.05 Å². The van der Waals surface area contributed by atoms with Crippen LogP contribution in [0, 0.1) is 0 Å². The molecule has 0 atom stereocenters. The lowest BCUT2D eigenvalue weighted by molar-refractivity contribution is 0.255. The van der Waals surface area contributed by atoms with Gasteiger partial charge in [-0.3, -0.25) is 19.3 Å². The predicted molar refractivity (Wildman–Crippen MR) is 155 cm³/mol. The normalized spacial score (nSPS) is 14.5. The molecule has 8 nitrogen and oxygen atoms in total. The van der Waals surface area contributed by atoms with E-state index in [0.717, 1.165) is 29.7 Å². The van der Waals surface area contributed by atoms with Gasteiger partial charge in [-0.2, -0.15) is 4.98 Å². The number of nitrogens with zero attached hydrogens (tertiary/aromatic N) is 6. The summed E-state index contributed by atoms with van der Waals surface area (Å²) in [5.74, 6) is 1.03. The average Bonchev–Trinajstić information content (AvgIpc) is 2.97. The largest absolute Gasteiger partial charge is 0.324 e. The smallest absolute Gasteiger partial charge is 0.259 e. The van der Waals surface area contributed by atoms with Crippen molar-refractivity contribution in [3.8, 4) is 22.4 Å². The predicted octanol–water partition coefficient (Wildman–Crippen LogP) is 5.66. The van der Waals surface area contributed by atoms with E-state index < -0.39 is 0 Å². The van der Waals surface area contributed by atoms with Gasteiger partial charge in [-0.15, -0.1) is 0 Å². The first-order valence-electron chi connectivity index (χ1n) is 12.9. The number of halogens is 1. The third-order valence-electron chi connectivity index (χ3n) is 7.42. The first-order chi connectivity index (χ1) is 19.0. The van der Waals surface area contributed by atoms with Gasteiger partial charge in [-0.25, -0.2) is 4.98 Å². The molecule has 1 fully saturated rings. The zero-order valence-corrected chi connectivity index (χ0v) is 22.6. The number of aromatic nitrogens is 5. The molecule has 6 rings (SSSR count). The Morgan fingerprint density at radius 2 is 1.72 bits per heavy atom. The lowest BCUT2D eigenvalue weighted by atomic mass is 9.89. The number of nitrogens with one attached hydrogen (secondary N) is 1. The van der Waals surface area contributed by atoms with Crippen LogP contribution in [0.3, 0.4) is 0 Å². The van der Waals surface area contributed by atoms with Crippen molar-refractivity contribution in [2.24, 2.45) is 7.05 Å². The quantitative estimate of drug-likeness (QED) is 0.309. The number of likely N-dealkylation sites (tertiary alicyclic amines) is 1. The van der Waals surface area contributed by atoms with Gasteiger partial charge in [0, 0.05) is 58.4 Å². The van der Waals surface area contributed by atoms with Crippen LogP contribution >= 0.6 is 11.6 Å². The maximum absolute atomic E-state index is 13.5. The highest BCUT2D eigenvalue weighted by Crippen LogP contribution is 2.32. The van der Waals surface area contributed by atoms with Crippen molar-refractivity contribution >= 4 is 34.3 Å². The molecule has 1 aliphatic heterocycles. The molecule has 1 aliphatic rings. The van der Waals surface area contributed by atoms with Crippen LogP contribution < -0.4 is 10.9 Å². The molecule has 2 aromatic carbocycles. The molecule has 0 saturated carbocycles. The summed E-state index contributed by atoms with van der Waals surface area (Å²) in [7, 11) is 3.89. The number of hydrogen-bond donors (Lipinski definition) is 1. The lowest BCUT2D eigenvalue weighted by Crippen LogP contribution is -2.29. The van der Waals surface area contributed by atoms with Crippen LogP contribution in [0.2, 0.25) is 5.02 Å². The molecule has 0 radical (unpaired) electrons. The summed E-state index contributed by atoms with van der Waals surface area (Å²) < 4.78 is 1.53. The minimum atomic E-state index is -0.201. The van der Waals surface area contributed by atoms with Crippen LogP contribution in [-0.4, -0.2) is 49.5 Å². The number of piperidine rings is 1. The van der Waals surface area contributed by atoms with E-state index in [2.05, 4.69) is 61.5 Å². The van der Waals surface area contributed by atoms with E-state index in [1.807, 2.05) is 12.1 Å². The van der Waals surface area contributed by atoms with Crippen molar-refractivity contribution in [3.63, 3.8) is 0 Å². The van der Waals surface area contributed by atoms with Gasteiger partial charge in [-0.1, -0.05) is 29.8 Å². The van der Waals surface area contributed by atoms with E-state index in [4.69, 9.17) is 11.6 Å². The van der Waals surface area contributed by atoms with Gasteiger partial charge in [0.05, 0.1) is 11.9 Å². The molecule has 196 valence electrons. The van der Waals surface area contributed by atoms with Gasteiger partial charge >= 0.3 is 0 Å². The Balaban J connectivity index is 1.29. The van der Waals surface area contributed by atoms with Crippen LogP contribution in [0.1, 0.15) is 24.3 Å². The standard InChI is InChI=1S/C30H28ClN7O/c1-37-13-9-20(10-14-37)19-3-6-23(7-4-19)35-30-34-17-22-16-25(29(39)38(2)28(22)36-30)24-15-21(5-8-26(24)31)27-18-32-11-12-33-27/h3-8,11-12,15-18,20H,9-10,13-14H2,1-2H3,(H,34,35,36). The topological polar surface area (TPSA) is 88.8 Å². The van der Waals surface area contributed by atoms with Crippen molar-refractivity contribution in [2.45, 2.75) is 18.8 Å². The fraction of sp³-hybridized carbons (Fsp3) is 0.233. The highest BCUT2D eigenvalue weighted by Gasteiger charge is 2.18. The Labute approximate surface area is 231 Å². The SMILES string of the molecule is CN1CCC(c2ccc(Nc3ncc4cc(-c5cc(-c6cnccn6)ccc5Cl)c(=O)n(C)c4n3)cc2)CC1. The van der Waals surface area contributed by atoms with E-state index in [0.29, 0.717) is 39.4 Å². The van der Waals surface area contributed by atoms with Crippen molar-refractivity contribution in [3.05, 3.63) is 94.3 Å². The van der Waals surface area contributed by atoms with E-state index in [9.17, 15) is 4.79 Å². The third kappa shape index (κ3) is 5.13. The van der Waals surface area contributed by atoms with Gasteiger partial charge < -0.3 is 10.2 Å². The van der Waals surface area contributed by atoms with E-state index >= 15 is 0 Å². The van der Waals surface area contributed by atoms with Crippen molar-refractivity contribution in [1.29, 1.82) is 0 Å². The molecule has 3 aromatic heterocycles. The lowest BCUT2D eigenvalue weighted by Gasteiger charge is -2.29. The zero-order chi connectivity index (χ0) is 26.9. The first-order valence-corrected chi connectivity index (χ1v) is 13.3. The molecular weight excluding hydrogens is 510 g/mol. The van der Waals surface area contributed by atoms with Gasteiger partial charge in [0.15, 0.2) is 0 Å². The maximum Gasteiger partial charge on any atom is 0.259 e. The molecule has 39 heavy (non-hydrogen) atoms. The minimum Gasteiger partial charge on any atom is -0.324 e. The average molecular weight is 538 g/mol. The maximum atomic E-state index is 13.5. The summed E-state index contributed by atoms with van der Waals surface area (Å²) in [6.45, 7) is 2.27. The number of fused-ring (bicyclic) bond motifs is 1. The molecule has 0 bridgehead atoms. The molecular formula is C30H28ClN7O. The third-order valence-corrected chi connectivity index (χ3v) is 7.75. The van der Waals surface area contributed by atoms with E-state index in [1.165, 1.54) is 23.0 Å². The molecule has 4 heterocycles. The molecule has 5 aromatic rings. The molecule has 1 N–H and O–H groups in total. The molecule has 0 spiro atoms. The number of aryl methyl sites for hydroxylation is 1. The van der Waals surface area contributed by atoms with Crippen molar-refractivity contribution in [2.75, 3.05) is 25.5 Å². The summed E-state index contributed by atoms with van der Waals surface area (Å²) in [4.78, 5) is 33.5. The molecule has 0 aliphatic carbocycles. The summed E-state index contributed by atoms with van der Waals surface area (Å²) in [6.07, 6.45) is 9.02. The fourth-order valence-corrected chi connectivity index (χ4v) is 5.37. The Kier molecular flexibility index (Phi) is 6.81. The Hall–Kier alpha value is -4.14. The fourth-order valence-electron chi connectivity index (χ4n) is 5.15. The summed E-state index contributed by atoms with van der Waals surface area (Å²) in [5, 5.41) is 4.49. The number of hydrogen-bond acceptors (Lipinski definition) is 7. The number of benzene rings is 2. The number of rotatable bonds is 5. The van der Waals surface area contributed by atoms with Gasteiger partial charge in [0.2, 0.25) is 5.95 Å². The molecule has 9 heteroatoms. The van der Waals surface area contributed by atoms with Gasteiger partial charge in [0.1, 0.15) is 5.65 Å². The van der Waals surface area contributed by atoms with Gasteiger partial charge in [0.25, 0.3) is 5.56 Å². The molecule has 1 saturated heterocycles. The Morgan fingerprint density at radius 1 is 0.923 bits per heavy atom. The zero-order valence-electron chi connectivity index (χ0n) is 21.8. The van der Waals surface area contributed by atoms with Crippen LogP contribution in [0.15, 0.2) is 78.1 Å².